The summed E-state index contributed by atoms with van der Waals surface area (Å²) in [5.74, 6) is 5.51. The zero-order valence-electron chi connectivity index (χ0n) is 8.34. The normalized spacial score (nSPS) is 12.4. The molecule has 3 N–H and O–H groups in total. The molecule has 2 aromatic rings. The van der Waals surface area contributed by atoms with E-state index in [9.17, 15) is 0 Å². The minimum atomic E-state index is -0.288. The summed E-state index contributed by atoms with van der Waals surface area (Å²) in [6, 6.07) is 1.51. The lowest BCUT2D eigenvalue weighted by Gasteiger charge is -2.16. The van der Waals surface area contributed by atoms with Gasteiger partial charge in [0, 0.05) is 24.8 Å². The number of nitrogens with two attached hydrogens (primary N) is 1. The van der Waals surface area contributed by atoms with Gasteiger partial charge in [-0.15, -0.1) is 0 Å². The highest BCUT2D eigenvalue weighted by molar-refractivity contribution is 6.31. The van der Waals surface area contributed by atoms with E-state index in [0.29, 0.717) is 10.7 Å². The first kappa shape index (κ1) is 10.9. The average molecular weight is 236 g/mol. The Bertz CT molecular complexity index is 462. The van der Waals surface area contributed by atoms with Crippen LogP contribution in [0.4, 0.5) is 0 Å². The van der Waals surface area contributed by atoms with Gasteiger partial charge in [-0.2, -0.15) is 0 Å². The molecule has 1 atom stereocenters. The van der Waals surface area contributed by atoms with Crippen LogP contribution in [0.5, 0.6) is 0 Å². The van der Waals surface area contributed by atoms with E-state index in [-0.39, 0.29) is 6.04 Å². The monoisotopic (exact) mass is 235 g/mol. The Hall–Kier alpha value is -1.56. The lowest BCUT2D eigenvalue weighted by atomic mass is 10.1. The van der Waals surface area contributed by atoms with E-state index in [1.807, 2.05) is 0 Å². The van der Waals surface area contributed by atoms with Crippen molar-refractivity contribution in [2.75, 3.05) is 0 Å². The Kier molecular flexibility index (Phi) is 3.40. The summed E-state index contributed by atoms with van der Waals surface area (Å²) in [7, 11) is 0. The van der Waals surface area contributed by atoms with Crippen LogP contribution in [-0.2, 0) is 0 Å². The molecule has 82 valence electrons. The Balaban J connectivity index is 2.41. The van der Waals surface area contributed by atoms with Gasteiger partial charge in [0.05, 0.1) is 23.0 Å². The van der Waals surface area contributed by atoms with Crippen molar-refractivity contribution < 1.29 is 0 Å². The number of rotatable bonds is 3. The molecule has 16 heavy (non-hydrogen) atoms. The third-order valence-corrected chi connectivity index (χ3v) is 2.48. The van der Waals surface area contributed by atoms with Gasteiger partial charge in [-0.1, -0.05) is 11.6 Å². The fourth-order valence-electron chi connectivity index (χ4n) is 1.41. The van der Waals surface area contributed by atoms with Crippen molar-refractivity contribution in [1.29, 1.82) is 0 Å². The lowest BCUT2D eigenvalue weighted by molar-refractivity contribution is 0.617. The highest BCUT2D eigenvalue weighted by Gasteiger charge is 2.16. The second-order valence-corrected chi connectivity index (χ2v) is 3.53. The number of aromatic nitrogens is 3. The van der Waals surface area contributed by atoms with E-state index in [2.05, 4.69) is 20.4 Å². The highest BCUT2D eigenvalue weighted by Crippen LogP contribution is 2.24. The molecule has 0 spiro atoms. The maximum absolute atomic E-state index is 6.04. The summed E-state index contributed by atoms with van der Waals surface area (Å²) in [6.07, 6.45) is 8.07. The molecule has 0 aromatic carbocycles. The molecule has 0 aliphatic carbocycles. The third-order valence-electron chi connectivity index (χ3n) is 2.16. The summed E-state index contributed by atoms with van der Waals surface area (Å²) < 4.78 is 0. The molecule has 0 bridgehead atoms. The number of nitrogens with zero attached hydrogens (tertiary/aromatic N) is 3. The molecule has 2 heterocycles. The number of nitrogens with one attached hydrogen (secondary N) is 1. The van der Waals surface area contributed by atoms with E-state index >= 15 is 0 Å². The molecule has 2 rings (SSSR count). The van der Waals surface area contributed by atoms with Crippen molar-refractivity contribution in [3.63, 3.8) is 0 Å². The van der Waals surface area contributed by atoms with Crippen molar-refractivity contribution in [2.24, 2.45) is 5.84 Å². The first-order valence-electron chi connectivity index (χ1n) is 4.64. The SMILES string of the molecule is NNC(c1cnccn1)c1ccncc1Cl. The van der Waals surface area contributed by atoms with Gasteiger partial charge >= 0.3 is 0 Å². The molecule has 0 saturated carbocycles. The summed E-state index contributed by atoms with van der Waals surface area (Å²) in [6.45, 7) is 0. The molecule has 0 fully saturated rings. The highest BCUT2D eigenvalue weighted by atomic mass is 35.5. The van der Waals surface area contributed by atoms with E-state index in [1.165, 1.54) is 0 Å². The Morgan fingerprint density at radius 3 is 2.62 bits per heavy atom. The van der Waals surface area contributed by atoms with Crippen molar-refractivity contribution in [1.82, 2.24) is 20.4 Å². The van der Waals surface area contributed by atoms with Crippen LogP contribution >= 0.6 is 11.6 Å². The Morgan fingerprint density at radius 1 is 1.19 bits per heavy atom. The van der Waals surface area contributed by atoms with Crippen LogP contribution in [-0.4, -0.2) is 15.0 Å². The van der Waals surface area contributed by atoms with Gasteiger partial charge in [0.2, 0.25) is 0 Å². The number of halogens is 1. The van der Waals surface area contributed by atoms with Crippen LogP contribution in [0.1, 0.15) is 17.3 Å². The van der Waals surface area contributed by atoms with Crippen molar-refractivity contribution in [3.05, 3.63) is 53.3 Å². The predicted molar refractivity (Wildman–Crippen MR) is 60.4 cm³/mol. The summed E-state index contributed by atoms with van der Waals surface area (Å²) >= 11 is 6.04. The van der Waals surface area contributed by atoms with E-state index < -0.39 is 0 Å². The van der Waals surface area contributed by atoms with E-state index in [0.717, 1.165) is 5.56 Å². The molecule has 2 aromatic heterocycles. The quantitative estimate of drug-likeness (QED) is 0.615. The van der Waals surface area contributed by atoms with Crippen LogP contribution in [0.2, 0.25) is 5.02 Å². The van der Waals surface area contributed by atoms with Crippen molar-refractivity contribution in [2.45, 2.75) is 6.04 Å². The first-order chi connectivity index (χ1) is 7.83. The molecule has 0 amide bonds. The molecule has 1 unspecified atom stereocenters. The fourth-order valence-corrected chi connectivity index (χ4v) is 1.64. The standard InChI is InChI=1S/C10H10ClN5/c11-8-5-13-2-1-7(8)10(16-12)9-6-14-3-4-15-9/h1-6,10,16H,12H2. The topological polar surface area (TPSA) is 76.7 Å². The molecule has 0 aliphatic rings. The summed E-state index contributed by atoms with van der Waals surface area (Å²) in [5.41, 5.74) is 4.19. The van der Waals surface area contributed by atoms with E-state index in [1.54, 1.807) is 37.1 Å². The molecule has 0 radical (unpaired) electrons. The molecular weight excluding hydrogens is 226 g/mol. The fraction of sp³-hybridized carbons (Fsp3) is 0.100. The number of pyridine rings is 1. The largest absolute Gasteiger partial charge is 0.271 e. The van der Waals surface area contributed by atoms with Gasteiger partial charge in [0.15, 0.2) is 0 Å². The lowest BCUT2D eigenvalue weighted by Crippen LogP contribution is -2.29. The average Bonchev–Trinajstić information content (AvgIpc) is 2.34. The second kappa shape index (κ2) is 4.98. The van der Waals surface area contributed by atoms with Crippen molar-refractivity contribution >= 4 is 11.6 Å². The van der Waals surface area contributed by atoms with E-state index in [4.69, 9.17) is 17.4 Å². The van der Waals surface area contributed by atoms with Crippen LogP contribution in [0.25, 0.3) is 0 Å². The second-order valence-electron chi connectivity index (χ2n) is 3.13. The zero-order valence-corrected chi connectivity index (χ0v) is 9.09. The third kappa shape index (κ3) is 2.16. The maximum Gasteiger partial charge on any atom is 0.0912 e. The minimum absolute atomic E-state index is 0.288. The van der Waals surface area contributed by atoms with Gasteiger partial charge in [0.1, 0.15) is 0 Å². The zero-order chi connectivity index (χ0) is 11.4. The molecule has 0 saturated heterocycles. The van der Waals surface area contributed by atoms with Gasteiger partial charge < -0.3 is 0 Å². The molecular formula is C10H10ClN5. The smallest absolute Gasteiger partial charge is 0.0912 e. The Morgan fingerprint density at radius 2 is 2.00 bits per heavy atom. The molecule has 5 nitrogen and oxygen atoms in total. The summed E-state index contributed by atoms with van der Waals surface area (Å²) in [5, 5.41) is 0.538. The molecule has 0 aliphatic heterocycles. The molecule has 6 heteroatoms. The van der Waals surface area contributed by atoms with Crippen LogP contribution < -0.4 is 11.3 Å². The van der Waals surface area contributed by atoms with Gasteiger partial charge in [-0.3, -0.25) is 20.8 Å². The first-order valence-corrected chi connectivity index (χ1v) is 5.02. The predicted octanol–water partition coefficient (Wildman–Crippen LogP) is 1.08. The maximum atomic E-state index is 6.04. The van der Waals surface area contributed by atoms with Crippen molar-refractivity contribution in [3.8, 4) is 0 Å². The summed E-state index contributed by atoms with van der Waals surface area (Å²) in [4.78, 5) is 12.1. The van der Waals surface area contributed by atoms with Crippen LogP contribution in [0, 0.1) is 0 Å². The minimum Gasteiger partial charge on any atom is -0.271 e. The van der Waals surface area contributed by atoms with Crippen LogP contribution in [0.15, 0.2) is 37.1 Å². The number of hydrogen-bond acceptors (Lipinski definition) is 5. The van der Waals surface area contributed by atoms with Gasteiger partial charge in [0.25, 0.3) is 0 Å². The number of hydrogen-bond donors (Lipinski definition) is 2. The van der Waals surface area contributed by atoms with Gasteiger partial charge in [-0.25, -0.2) is 5.43 Å². The number of hydrazine groups is 1. The van der Waals surface area contributed by atoms with Gasteiger partial charge in [-0.05, 0) is 11.6 Å². The Labute approximate surface area is 97.7 Å². The van der Waals surface area contributed by atoms with Crippen LogP contribution in [0.3, 0.4) is 0 Å².